The maximum atomic E-state index is 11.7. The number of nitrogens with one attached hydrogen (secondary N) is 1. The van der Waals surface area contributed by atoms with Gasteiger partial charge in [-0.3, -0.25) is 4.79 Å². The Balaban J connectivity index is 1.73. The molecule has 0 unspecified atom stereocenters. The summed E-state index contributed by atoms with van der Waals surface area (Å²) in [7, 11) is 0. The lowest BCUT2D eigenvalue weighted by Crippen LogP contribution is -2.38. The predicted molar refractivity (Wildman–Crippen MR) is 89.2 cm³/mol. The zero-order chi connectivity index (χ0) is 15.8. The predicted octanol–water partition coefficient (Wildman–Crippen LogP) is 3.45. The number of carbonyl (C=O) groups is 2. The van der Waals surface area contributed by atoms with Crippen molar-refractivity contribution in [3.8, 4) is 0 Å². The van der Waals surface area contributed by atoms with E-state index in [4.69, 9.17) is 4.74 Å². The van der Waals surface area contributed by atoms with Crippen LogP contribution in [0, 0.1) is 0 Å². The van der Waals surface area contributed by atoms with Crippen LogP contribution in [0.3, 0.4) is 0 Å². The molecule has 1 fully saturated rings. The van der Waals surface area contributed by atoms with Crippen molar-refractivity contribution in [2.24, 2.45) is 0 Å². The van der Waals surface area contributed by atoms with Crippen molar-refractivity contribution in [2.45, 2.75) is 38.1 Å². The SMILES string of the molecule is O=C(COC(=O)/C=C/c1ccccc1Br)NC1CCCCC1. The van der Waals surface area contributed by atoms with Gasteiger partial charge in [-0.05, 0) is 30.5 Å². The number of carbonyl (C=O) groups excluding carboxylic acids is 2. The van der Waals surface area contributed by atoms with Crippen molar-refractivity contribution in [2.75, 3.05) is 6.61 Å². The maximum Gasteiger partial charge on any atom is 0.331 e. The van der Waals surface area contributed by atoms with E-state index in [0.29, 0.717) is 0 Å². The summed E-state index contributed by atoms with van der Waals surface area (Å²) in [6.45, 7) is -0.227. The molecule has 5 heteroatoms. The molecule has 0 atom stereocenters. The van der Waals surface area contributed by atoms with Gasteiger partial charge in [0.05, 0.1) is 0 Å². The molecule has 4 nitrogen and oxygen atoms in total. The molecule has 0 bridgehead atoms. The molecule has 1 saturated carbocycles. The van der Waals surface area contributed by atoms with Crippen LogP contribution in [-0.2, 0) is 14.3 Å². The summed E-state index contributed by atoms with van der Waals surface area (Å²) in [5, 5.41) is 2.91. The van der Waals surface area contributed by atoms with E-state index in [0.717, 1.165) is 35.7 Å². The number of rotatable bonds is 5. The summed E-state index contributed by atoms with van der Waals surface area (Å²) >= 11 is 3.40. The third-order valence-corrected chi connectivity index (χ3v) is 4.34. The molecule has 1 N–H and O–H groups in total. The largest absolute Gasteiger partial charge is 0.452 e. The van der Waals surface area contributed by atoms with Gasteiger partial charge in [-0.1, -0.05) is 53.4 Å². The fourth-order valence-electron chi connectivity index (χ4n) is 2.47. The Morgan fingerprint density at radius 2 is 1.95 bits per heavy atom. The molecule has 0 heterocycles. The molecule has 1 aromatic rings. The minimum Gasteiger partial charge on any atom is -0.452 e. The molecule has 2 rings (SSSR count). The summed E-state index contributed by atoms with van der Waals surface area (Å²) in [6.07, 6.45) is 8.56. The average Bonchev–Trinajstić information content (AvgIpc) is 2.53. The van der Waals surface area contributed by atoms with Crippen LogP contribution in [0.25, 0.3) is 6.08 Å². The Bertz CT molecular complexity index is 551. The van der Waals surface area contributed by atoms with E-state index in [1.165, 1.54) is 12.5 Å². The second kappa shape index (κ2) is 8.73. The Kier molecular flexibility index (Phi) is 6.65. The Morgan fingerprint density at radius 1 is 1.23 bits per heavy atom. The molecule has 1 aliphatic rings. The first-order valence-corrected chi connectivity index (χ1v) is 8.33. The Labute approximate surface area is 139 Å². The number of hydrogen-bond donors (Lipinski definition) is 1. The molecule has 22 heavy (non-hydrogen) atoms. The van der Waals surface area contributed by atoms with E-state index in [-0.39, 0.29) is 18.6 Å². The molecule has 118 valence electrons. The van der Waals surface area contributed by atoms with E-state index in [9.17, 15) is 9.59 Å². The smallest absolute Gasteiger partial charge is 0.331 e. The molecular weight excluding hydrogens is 346 g/mol. The first-order valence-electron chi connectivity index (χ1n) is 7.54. The van der Waals surface area contributed by atoms with E-state index in [1.807, 2.05) is 24.3 Å². The van der Waals surface area contributed by atoms with E-state index in [1.54, 1.807) is 6.08 Å². The number of esters is 1. The second-order valence-electron chi connectivity index (χ2n) is 5.37. The normalized spacial score (nSPS) is 15.7. The van der Waals surface area contributed by atoms with Gasteiger partial charge < -0.3 is 10.1 Å². The van der Waals surface area contributed by atoms with Crippen molar-refractivity contribution in [1.29, 1.82) is 0 Å². The Morgan fingerprint density at radius 3 is 2.68 bits per heavy atom. The highest BCUT2D eigenvalue weighted by molar-refractivity contribution is 9.10. The molecule has 0 aliphatic heterocycles. The van der Waals surface area contributed by atoms with Gasteiger partial charge in [0.2, 0.25) is 0 Å². The van der Waals surface area contributed by atoms with Gasteiger partial charge in [0.25, 0.3) is 5.91 Å². The zero-order valence-corrected chi connectivity index (χ0v) is 14.0. The highest BCUT2D eigenvalue weighted by atomic mass is 79.9. The van der Waals surface area contributed by atoms with Gasteiger partial charge >= 0.3 is 5.97 Å². The highest BCUT2D eigenvalue weighted by Gasteiger charge is 2.16. The van der Waals surface area contributed by atoms with Gasteiger partial charge in [-0.2, -0.15) is 0 Å². The van der Waals surface area contributed by atoms with Crippen molar-refractivity contribution >= 4 is 33.9 Å². The van der Waals surface area contributed by atoms with E-state index in [2.05, 4.69) is 21.2 Å². The fourth-order valence-corrected chi connectivity index (χ4v) is 2.89. The van der Waals surface area contributed by atoms with Gasteiger partial charge in [0.15, 0.2) is 6.61 Å². The first-order chi connectivity index (χ1) is 10.6. The lowest BCUT2D eigenvalue weighted by Gasteiger charge is -2.22. The van der Waals surface area contributed by atoms with E-state index >= 15 is 0 Å². The van der Waals surface area contributed by atoms with Crippen LogP contribution in [0.2, 0.25) is 0 Å². The number of benzene rings is 1. The Hall–Kier alpha value is -1.62. The topological polar surface area (TPSA) is 55.4 Å². The van der Waals surface area contributed by atoms with Crippen LogP contribution >= 0.6 is 15.9 Å². The van der Waals surface area contributed by atoms with Gasteiger partial charge in [0.1, 0.15) is 0 Å². The van der Waals surface area contributed by atoms with Crippen molar-refractivity contribution in [3.63, 3.8) is 0 Å². The van der Waals surface area contributed by atoms with Crippen molar-refractivity contribution in [3.05, 3.63) is 40.4 Å². The van der Waals surface area contributed by atoms with Crippen LogP contribution in [0.5, 0.6) is 0 Å². The lowest BCUT2D eigenvalue weighted by molar-refractivity contribution is -0.144. The summed E-state index contributed by atoms with van der Waals surface area (Å²) in [6, 6.07) is 7.78. The summed E-state index contributed by atoms with van der Waals surface area (Å²) in [5.41, 5.74) is 0.881. The van der Waals surface area contributed by atoms with Crippen LogP contribution in [0.1, 0.15) is 37.7 Å². The second-order valence-corrected chi connectivity index (χ2v) is 6.22. The van der Waals surface area contributed by atoms with Crippen LogP contribution in [0.4, 0.5) is 0 Å². The molecule has 1 aliphatic carbocycles. The van der Waals surface area contributed by atoms with Crippen LogP contribution < -0.4 is 5.32 Å². The minimum atomic E-state index is -0.519. The quantitative estimate of drug-likeness (QED) is 0.642. The first kappa shape index (κ1) is 16.7. The monoisotopic (exact) mass is 365 g/mol. The average molecular weight is 366 g/mol. The third kappa shape index (κ3) is 5.64. The number of halogens is 1. The summed E-state index contributed by atoms with van der Waals surface area (Å²) in [4.78, 5) is 23.3. The minimum absolute atomic E-state index is 0.227. The number of ether oxygens (including phenoxy) is 1. The lowest BCUT2D eigenvalue weighted by atomic mass is 9.95. The fraction of sp³-hybridized carbons (Fsp3) is 0.412. The zero-order valence-electron chi connectivity index (χ0n) is 12.4. The molecule has 1 aromatic carbocycles. The summed E-state index contributed by atoms with van der Waals surface area (Å²) < 4.78 is 5.85. The molecule has 0 aromatic heterocycles. The summed E-state index contributed by atoms with van der Waals surface area (Å²) in [5.74, 6) is -0.746. The molecule has 0 saturated heterocycles. The van der Waals surface area contributed by atoms with Gasteiger partial charge in [0, 0.05) is 16.6 Å². The maximum absolute atomic E-state index is 11.7. The number of hydrogen-bond acceptors (Lipinski definition) is 3. The molecule has 0 radical (unpaired) electrons. The molecule has 0 spiro atoms. The van der Waals surface area contributed by atoms with Crippen LogP contribution in [0.15, 0.2) is 34.8 Å². The standard InChI is InChI=1S/C17H20BrNO3/c18-15-9-5-4-6-13(15)10-11-17(21)22-12-16(20)19-14-7-2-1-3-8-14/h4-6,9-11,14H,1-3,7-8,12H2,(H,19,20)/b11-10+. The van der Waals surface area contributed by atoms with Gasteiger partial charge in [-0.25, -0.2) is 4.79 Å². The van der Waals surface area contributed by atoms with Crippen molar-refractivity contribution in [1.82, 2.24) is 5.32 Å². The van der Waals surface area contributed by atoms with Crippen molar-refractivity contribution < 1.29 is 14.3 Å². The third-order valence-electron chi connectivity index (χ3n) is 3.62. The van der Waals surface area contributed by atoms with Gasteiger partial charge in [-0.15, -0.1) is 0 Å². The molecular formula is C17H20BrNO3. The number of amides is 1. The highest BCUT2D eigenvalue weighted by Crippen LogP contribution is 2.18. The van der Waals surface area contributed by atoms with E-state index < -0.39 is 5.97 Å². The van der Waals surface area contributed by atoms with Crippen LogP contribution in [-0.4, -0.2) is 24.5 Å². The molecule has 1 amide bonds.